The molecule has 0 atom stereocenters. The molecule has 8 nitrogen and oxygen atoms in total. The van der Waals surface area contributed by atoms with Crippen molar-refractivity contribution in [3.8, 4) is 11.5 Å². The first-order valence-electron chi connectivity index (χ1n) is 17.5. The van der Waals surface area contributed by atoms with Gasteiger partial charge in [0.15, 0.2) is 16.5 Å². The molecule has 6 rings (SSSR count). The summed E-state index contributed by atoms with van der Waals surface area (Å²) < 4.78 is 125. The number of rotatable bonds is 9. The number of esters is 1. The third kappa shape index (κ3) is 7.97. The summed E-state index contributed by atoms with van der Waals surface area (Å²) in [6.07, 6.45) is 16.3. The number of halogens is 4. The summed E-state index contributed by atoms with van der Waals surface area (Å²) in [6, 6.07) is 8.58. The molecule has 1 N–H and O–H groups in total. The third-order valence-electron chi connectivity index (χ3n) is 10.5. The summed E-state index contributed by atoms with van der Waals surface area (Å²) in [5, 5.41) is 0. The van der Waals surface area contributed by atoms with Gasteiger partial charge in [0.25, 0.3) is 0 Å². The van der Waals surface area contributed by atoms with Crippen molar-refractivity contribution in [2.24, 2.45) is 0 Å². The molecule has 0 bridgehead atoms. The number of hydrogen-bond donors (Lipinski definition) is 1. The minimum Gasteiger partial charge on any atom is -0.423 e. The Balaban J connectivity index is 1.31. The van der Waals surface area contributed by atoms with Crippen molar-refractivity contribution < 1.29 is 52.7 Å². The summed E-state index contributed by atoms with van der Waals surface area (Å²) in [5.74, 6) is -11.9. The minimum atomic E-state index is -5.76. The van der Waals surface area contributed by atoms with Crippen LogP contribution in [-0.2, 0) is 20.2 Å². The van der Waals surface area contributed by atoms with Gasteiger partial charge >= 0.3 is 26.2 Å². The lowest BCUT2D eigenvalue weighted by Gasteiger charge is -2.32. The van der Waals surface area contributed by atoms with Crippen LogP contribution in [0.4, 0.5) is 17.6 Å². The van der Waals surface area contributed by atoms with E-state index in [-0.39, 0.29) is 17.6 Å². The Morgan fingerprint density at radius 1 is 0.627 bits per heavy atom. The first kappa shape index (κ1) is 37.3. The summed E-state index contributed by atoms with van der Waals surface area (Å²) in [5.41, 5.74) is 3.89. The maximum atomic E-state index is 14.5. The quantitative estimate of drug-likeness (QED) is 0.0573. The van der Waals surface area contributed by atoms with Crippen molar-refractivity contribution in [2.75, 3.05) is 0 Å². The molecule has 0 aromatic heterocycles. The monoisotopic (exact) mass is 752 g/mol. The molecule has 0 aliphatic heterocycles. The van der Waals surface area contributed by atoms with Crippen LogP contribution in [0.3, 0.4) is 0 Å². The van der Waals surface area contributed by atoms with Gasteiger partial charge < -0.3 is 8.92 Å². The fourth-order valence-corrected chi connectivity index (χ4v) is 9.54. The molecule has 0 saturated heterocycles. The number of ether oxygens (including phenoxy) is 1. The molecule has 3 aromatic carbocycles. The standard InChI is InChI=1S/C37H40F4O8S2/c38-31-33(40)36(50(43,44)45)34(41)32(39)35(31)49-51(46,47)27-18-16-26(17-19-27)48-37(42)30-28(23-12-6-2-7-13-23)20-25(22-10-4-1-5-11-22)21-29(30)24-14-8-3-9-15-24/h16-24H,1-15H2,(H,43,44,45). The van der Waals surface area contributed by atoms with E-state index in [4.69, 9.17) is 9.29 Å². The van der Waals surface area contributed by atoms with Gasteiger partial charge in [0.1, 0.15) is 10.6 Å². The van der Waals surface area contributed by atoms with Crippen molar-refractivity contribution in [3.05, 3.63) is 81.9 Å². The lowest BCUT2D eigenvalue weighted by Crippen LogP contribution is -2.21. The SMILES string of the molecule is O=C(Oc1ccc(S(=O)(=O)Oc2c(F)c(F)c(S(=O)(=O)O)c(F)c2F)cc1)c1c(C2CCCCC2)cc(C2CCCCC2)cc1C1CCCCC1. The molecular formula is C37H40F4O8S2. The van der Waals surface area contributed by atoms with Crippen molar-refractivity contribution in [2.45, 2.75) is 124 Å². The second kappa shape index (κ2) is 15.2. The van der Waals surface area contributed by atoms with Crippen molar-refractivity contribution in [1.82, 2.24) is 0 Å². The van der Waals surface area contributed by atoms with E-state index in [9.17, 15) is 39.2 Å². The Morgan fingerprint density at radius 3 is 1.49 bits per heavy atom. The molecule has 3 fully saturated rings. The van der Waals surface area contributed by atoms with Crippen LogP contribution in [0.15, 0.2) is 46.2 Å². The van der Waals surface area contributed by atoms with E-state index in [1.54, 1.807) is 0 Å². The smallest absolute Gasteiger partial charge is 0.344 e. The maximum absolute atomic E-state index is 14.5. The highest BCUT2D eigenvalue weighted by Gasteiger charge is 2.36. The van der Waals surface area contributed by atoms with E-state index in [2.05, 4.69) is 16.3 Å². The van der Waals surface area contributed by atoms with Crippen LogP contribution in [0.25, 0.3) is 0 Å². The number of carbonyl (C=O) groups excluding carboxylic acids is 1. The minimum absolute atomic E-state index is 0.0218. The molecule has 51 heavy (non-hydrogen) atoms. The van der Waals surface area contributed by atoms with Crippen molar-refractivity contribution in [1.29, 1.82) is 0 Å². The van der Waals surface area contributed by atoms with Crippen LogP contribution >= 0.6 is 0 Å². The van der Waals surface area contributed by atoms with Gasteiger partial charge in [-0.25, -0.2) is 13.6 Å². The number of carbonyl (C=O) groups is 1. The molecule has 0 heterocycles. The summed E-state index contributed by atoms with van der Waals surface area (Å²) in [7, 11) is -10.9. The highest BCUT2D eigenvalue weighted by Crippen LogP contribution is 2.44. The fraction of sp³-hybridized carbons (Fsp3) is 0.486. The molecule has 14 heteroatoms. The van der Waals surface area contributed by atoms with E-state index in [1.165, 1.54) is 24.8 Å². The van der Waals surface area contributed by atoms with Crippen LogP contribution in [0.2, 0.25) is 0 Å². The van der Waals surface area contributed by atoms with E-state index >= 15 is 0 Å². The fourth-order valence-electron chi connectivity index (χ4n) is 7.97. The van der Waals surface area contributed by atoms with E-state index in [0.717, 1.165) is 112 Å². The first-order chi connectivity index (χ1) is 24.3. The molecule has 3 aromatic rings. The molecule has 3 saturated carbocycles. The van der Waals surface area contributed by atoms with Crippen LogP contribution in [-0.4, -0.2) is 27.4 Å². The molecule has 0 radical (unpaired) electrons. The Bertz CT molecular complexity index is 1930. The van der Waals surface area contributed by atoms with Crippen LogP contribution in [0, 0.1) is 23.3 Å². The molecule has 0 unspecified atom stereocenters. The Labute approximate surface area is 295 Å². The normalized spacial score (nSPS) is 18.5. The largest absolute Gasteiger partial charge is 0.423 e. The van der Waals surface area contributed by atoms with E-state index < -0.39 is 65.0 Å². The zero-order chi connectivity index (χ0) is 36.5. The molecule has 3 aliphatic carbocycles. The zero-order valence-corrected chi connectivity index (χ0v) is 29.6. The van der Waals surface area contributed by atoms with Crippen molar-refractivity contribution in [3.63, 3.8) is 0 Å². The van der Waals surface area contributed by atoms with Crippen molar-refractivity contribution >= 4 is 26.2 Å². The van der Waals surface area contributed by atoms with Crippen LogP contribution < -0.4 is 8.92 Å². The molecule has 276 valence electrons. The van der Waals surface area contributed by atoms with Gasteiger partial charge in [-0.3, -0.25) is 4.55 Å². The van der Waals surface area contributed by atoms with Gasteiger partial charge in [0.05, 0.1) is 5.56 Å². The van der Waals surface area contributed by atoms with Gasteiger partial charge in [-0.2, -0.15) is 25.6 Å². The molecule has 0 spiro atoms. The number of benzene rings is 3. The van der Waals surface area contributed by atoms with Gasteiger partial charge in [-0.05, 0) is 97.2 Å². The second-order valence-electron chi connectivity index (χ2n) is 13.9. The topological polar surface area (TPSA) is 124 Å². The second-order valence-corrected chi connectivity index (χ2v) is 16.8. The maximum Gasteiger partial charge on any atom is 0.344 e. The molecule has 0 amide bonds. The highest BCUT2D eigenvalue weighted by atomic mass is 32.2. The third-order valence-corrected chi connectivity index (χ3v) is 12.7. The van der Waals surface area contributed by atoms with Crippen LogP contribution in [0.1, 0.15) is 141 Å². The highest BCUT2D eigenvalue weighted by molar-refractivity contribution is 7.87. The van der Waals surface area contributed by atoms with Crippen LogP contribution in [0.5, 0.6) is 11.5 Å². The average molecular weight is 753 g/mol. The first-order valence-corrected chi connectivity index (χ1v) is 20.4. The summed E-state index contributed by atoms with van der Waals surface area (Å²) in [4.78, 5) is 11.2. The predicted molar refractivity (Wildman–Crippen MR) is 179 cm³/mol. The van der Waals surface area contributed by atoms with Gasteiger partial charge in [-0.1, -0.05) is 69.9 Å². The lowest BCUT2D eigenvalue weighted by molar-refractivity contribution is 0.0730. The van der Waals surface area contributed by atoms with Gasteiger partial charge in [-0.15, -0.1) is 0 Å². The Hall–Kier alpha value is -3.49. The summed E-state index contributed by atoms with van der Waals surface area (Å²) >= 11 is 0. The predicted octanol–water partition coefficient (Wildman–Crippen LogP) is 9.62. The Kier molecular flexibility index (Phi) is 11.1. The average Bonchev–Trinajstić information content (AvgIpc) is 3.13. The lowest BCUT2D eigenvalue weighted by atomic mass is 9.73. The van der Waals surface area contributed by atoms with Gasteiger partial charge in [0, 0.05) is 0 Å². The van der Waals surface area contributed by atoms with E-state index in [0.29, 0.717) is 11.5 Å². The zero-order valence-electron chi connectivity index (χ0n) is 27.9. The number of hydrogen-bond acceptors (Lipinski definition) is 7. The Morgan fingerprint density at radius 2 is 1.06 bits per heavy atom. The van der Waals surface area contributed by atoms with Gasteiger partial charge in [0.2, 0.25) is 17.4 Å². The van der Waals surface area contributed by atoms with E-state index in [1.807, 2.05) is 0 Å². The molecular weight excluding hydrogens is 713 g/mol. The molecule has 3 aliphatic rings. The summed E-state index contributed by atoms with van der Waals surface area (Å²) in [6.45, 7) is 0.